The number of anilines is 1. The van der Waals surface area contributed by atoms with Crippen LogP contribution in [0, 0.1) is 6.92 Å². The van der Waals surface area contributed by atoms with Gasteiger partial charge in [0.1, 0.15) is 5.82 Å². The third-order valence-electron chi connectivity index (χ3n) is 3.50. The molecule has 0 saturated heterocycles. The lowest BCUT2D eigenvalue weighted by atomic mass is 9.77. The molecular weight excluding hydrogens is 214 g/mol. The van der Waals surface area contributed by atoms with Crippen LogP contribution in [0.3, 0.4) is 0 Å². The second-order valence-electron chi connectivity index (χ2n) is 4.99. The molecule has 0 unspecified atom stereocenters. The smallest absolute Gasteiger partial charge is 0.186 e. The Bertz CT molecular complexity index is 436. The van der Waals surface area contributed by atoms with E-state index in [1.54, 1.807) is 12.3 Å². The first-order chi connectivity index (χ1) is 8.03. The van der Waals surface area contributed by atoms with Crippen LogP contribution in [-0.2, 0) is 0 Å². The van der Waals surface area contributed by atoms with Gasteiger partial charge in [0.2, 0.25) is 0 Å². The van der Waals surface area contributed by atoms with Crippen LogP contribution in [0.15, 0.2) is 12.3 Å². The molecule has 0 amide bonds. The molecule has 0 aliphatic heterocycles. The molecule has 1 aromatic heterocycles. The molecule has 2 rings (SSSR count). The molecule has 4 heteroatoms. The summed E-state index contributed by atoms with van der Waals surface area (Å²) >= 11 is 0. The SMILES string of the molecule is Cc1cnc(N)c(C(=O)C2(N)CCCCC2)c1. The van der Waals surface area contributed by atoms with Crippen LogP contribution in [0.2, 0.25) is 0 Å². The average molecular weight is 233 g/mol. The van der Waals surface area contributed by atoms with Gasteiger partial charge in [-0.1, -0.05) is 19.3 Å². The van der Waals surface area contributed by atoms with E-state index in [0.29, 0.717) is 5.56 Å². The van der Waals surface area contributed by atoms with Gasteiger partial charge in [0.05, 0.1) is 11.1 Å². The standard InChI is InChI=1S/C13H19N3O/c1-9-7-10(12(14)16-8-9)11(17)13(15)5-3-2-4-6-13/h7-8H,2-6,15H2,1H3,(H2,14,16). The lowest BCUT2D eigenvalue weighted by Crippen LogP contribution is -2.49. The molecular formula is C13H19N3O. The van der Waals surface area contributed by atoms with Crippen molar-refractivity contribution in [1.29, 1.82) is 0 Å². The van der Waals surface area contributed by atoms with Gasteiger partial charge in [-0.15, -0.1) is 0 Å². The number of nitrogen functional groups attached to an aromatic ring is 1. The Labute approximate surface area is 101 Å². The number of pyridine rings is 1. The molecule has 1 saturated carbocycles. The van der Waals surface area contributed by atoms with Crippen LogP contribution in [0.25, 0.3) is 0 Å². The minimum absolute atomic E-state index is 0.0501. The summed E-state index contributed by atoms with van der Waals surface area (Å²) in [5, 5.41) is 0. The quantitative estimate of drug-likeness (QED) is 0.763. The highest BCUT2D eigenvalue weighted by Gasteiger charge is 2.36. The number of ketones is 1. The maximum Gasteiger partial charge on any atom is 0.186 e. The van der Waals surface area contributed by atoms with Crippen LogP contribution in [-0.4, -0.2) is 16.3 Å². The molecule has 4 nitrogen and oxygen atoms in total. The summed E-state index contributed by atoms with van der Waals surface area (Å²) < 4.78 is 0. The second-order valence-corrected chi connectivity index (χ2v) is 4.99. The molecule has 0 atom stereocenters. The highest BCUT2D eigenvalue weighted by molar-refractivity contribution is 6.06. The van der Waals surface area contributed by atoms with E-state index < -0.39 is 5.54 Å². The molecule has 0 spiro atoms. The number of aromatic nitrogens is 1. The van der Waals surface area contributed by atoms with E-state index in [9.17, 15) is 4.79 Å². The van der Waals surface area contributed by atoms with Gasteiger partial charge in [0.25, 0.3) is 0 Å². The number of hydrogen-bond acceptors (Lipinski definition) is 4. The van der Waals surface area contributed by atoms with Gasteiger partial charge in [-0.3, -0.25) is 4.79 Å². The Hall–Kier alpha value is -1.42. The molecule has 1 fully saturated rings. The van der Waals surface area contributed by atoms with E-state index >= 15 is 0 Å². The average Bonchev–Trinajstić information content (AvgIpc) is 2.32. The molecule has 0 aromatic carbocycles. The topological polar surface area (TPSA) is 82.0 Å². The largest absolute Gasteiger partial charge is 0.383 e. The summed E-state index contributed by atoms with van der Waals surface area (Å²) in [6.45, 7) is 1.90. The fourth-order valence-corrected chi connectivity index (χ4v) is 2.44. The monoisotopic (exact) mass is 233 g/mol. The lowest BCUT2D eigenvalue weighted by molar-refractivity contribution is 0.0848. The van der Waals surface area contributed by atoms with Crippen molar-refractivity contribution in [2.75, 3.05) is 5.73 Å². The molecule has 1 aromatic rings. The number of carbonyl (C=O) groups excluding carboxylic acids is 1. The number of nitrogens with zero attached hydrogens (tertiary/aromatic N) is 1. The van der Waals surface area contributed by atoms with Gasteiger partial charge in [-0.05, 0) is 31.4 Å². The predicted molar refractivity (Wildman–Crippen MR) is 67.7 cm³/mol. The molecule has 17 heavy (non-hydrogen) atoms. The van der Waals surface area contributed by atoms with E-state index in [4.69, 9.17) is 11.5 Å². The Kier molecular flexibility index (Phi) is 3.15. The maximum atomic E-state index is 12.4. The molecule has 0 bridgehead atoms. The van der Waals surface area contributed by atoms with E-state index in [1.807, 2.05) is 6.92 Å². The van der Waals surface area contributed by atoms with Gasteiger partial charge in [-0.2, -0.15) is 0 Å². The summed E-state index contributed by atoms with van der Waals surface area (Å²) in [7, 11) is 0. The third-order valence-corrected chi connectivity index (χ3v) is 3.50. The van der Waals surface area contributed by atoms with Crippen molar-refractivity contribution >= 4 is 11.6 Å². The van der Waals surface area contributed by atoms with Crippen molar-refractivity contribution in [2.24, 2.45) is 5.73 Å². The van der Waals surface area contributed by atoms with Crippen LogP contribution < -0.4 is 11.5 Å². The van der Waals surface area contributed by atoms with E-state index in [1.165, 1.54) is 0 Å². The first kappa shape index (κ1) is 12.0. The number of rotatable bonds is 2. The summed E-state index contributed by atoms with van der Waals surface area (Å²) in [4.78, 5) is 16.5. The molecule has 0 radical (unpaired) electrons. The predicted octanol–water partition coefficient (Wildman–Crippen LogP) is 1.82. The molecule has 1 aliphatic rings. The zero-order valence-electron chi connectivity index (χ0n) is 10.2. The number of carbonyl (C=O) groups is 1. The Morgan fingerprint density at radius 2 is 2.00 bits per heavy atom. The lowest BCUT2D eigenvalue weighted by Gasteiger charge is -2.32. The molecule has 4 N–H and O–H groups in total. The molecule has 1 heterocycles. The summed E-state index contributed by atoms with van der Waals surface area (Å²) in [5.41, 5.74) is 12.7. The van der Waals surface area contributed by atoms with E-state index in [-0.39, 0.29) is 11.6 Å². The third kappa shape index (κ3) is 2.31. The van der Waals surface area contributed by atoms with Gasteiger partial charge in [0, 0.05) is 6.20 Å². The summed E-state index contributed by atoms with van der Waals surface area (Å²) in [5.74, 6) is 0.238. The summed E-state index contributed by atoms with van der Waals surface area (Å²) in [6, 6.07) is 1.79. The zero-order chi connectivity index (χ0) is 12.5. The van der Waals surface area contributed by atoms with Gasteiger partial charge >= 0.3 is 0 Å². The fourth-order valence-electron chi connectivity index (χ4n) is 2.44. The second kappa shape index (κ2) is 4.45. The normalized spacial score (nSPS) is 18.9. The van der Waals surface area contributed by atoms with E-state index in [0.717, 1.165) is 37.7 Å². The number of Topliss-reactive ketones (excluding diaryl/α,β-unsaturated/α-hetero) is 1. The van der Waals surface area contributed by atoms with Crippen LogP contribution >= 0.6 is 0 Å². The number of nitrogens with two attached hydrogens (primary N) is 2. The van der Waals surface area contributed by atoms with Crippen molar-refractivity contribution in [3.05, 3.63) is 23.4 Å². The highest BCUT2D eigenvalue weighted by atomic mass is 16.1. The molecule has 92 valence electrons. The van der Waals surface area contributed by atoms with Crippen molar-refractivity contribution in [3.8, 4) is 0 Å². The highest BCUT2D eigenvalue weighted by Crippen LogP contribution is 2.30. The maximum absolute atomic E-state index is 12.4. The van der Waals surface area contributed by atoms with E-state index in [2.05, 4.69) is 4.98 Å². The first-order valence-corrected chi connectivity index (χ1v) is 6.09. The zero-order valence-corrected chi connectivity index (χ0v) is 10.2. The van der Waals surface area contributed by atoms with Crippen molar-refractivity contribution in [2.45, 2.75) is 44.6 Å². The Balaban J connectivity index is 2.32. The minimum atomic E-state index is -0.734. The van der Waals surface area contributed by atoms with Gasteiger partial charge in [0.15, 0.2) is 5.78 Å². The summed E-state index contributed by atoms with van der Waals surface area (Å²) in [6.07, 6.45) is 6.35. The minimum Gasteiger partial charge on any atom is -0.383 e. The molecule has 1 aliphatic carbocycles. The van der Waals surface area contributed by atoms with Gasteiger partial charge in [-0.25, -0.2) is 4.98 Å². The number of hydrogen-bond donors (Lipinski definition) is 2. The van der Waals surface area contributed by atoms with Crippen LogP contribution in [0.5, 0.6) is 0 Å². The van der Waals surface area contributed by atoms with Crippen molar-refractivity contribution in [3.63, 3.8) is 0 Å². The Morgan fingerprint density at radius 3 is 2.65 bits per heavy atom. The first-order valence-electron chi connectivity index (χ1n) is 6.09. The van der Waals surface area contributed by atoms with Crippen molar-refractivity contribution in [1.82, 2.24) is 4.98 Å². The number of aryl methyl sites for hydroxylation is 1. The Morgan fingerprint density at radius 1 is 1.35 bits per heavy atom. The fraction of sp³-hybridized carbons (Fsp3) is 0.538. The van der Waals surface area contributed by atoms with Crippen molar-refractivity contribution < 1.29 is 4.79 Å². The van der Waals surface area contributed by atoms with Crippen LogP contribution in [0.4, 0.5) is 5.82 Å². The van der Waals surface area contributed by atoms with Gasteiger partial charge < -0.3 is 11.5 Å². The van der Waals surface area contributed by atoms with Crippen LogP contribution in [0.1, 0.15) is 48.0 Å².